The molecule has 0 radical (unpaired) electrons. The van der Waals surface area contributed by atoms with Crippen molar-refractivity contribution in [2.75, 3.05) is 26.9 Å². The summed E-state index contributed by atoms with van der Waals surface area (Å²) in [6.07, 6.45) is 2.53. The lowest BCUT2D eigenvalue weighted by atomic mass is 10.1. The summed E-state index contributed by atoms with van der Waals surface area (Å²) in [5.41, 5.74) is 4.66. The zero-order chi connectivity index (χ0) is 21.3. The Labute approximate surface area is 178 Å². The minimum Gasteiger partial charge on any atom is -0.494 e. The lowest BCUT2D eigenvalue weighted by molar-refractivity contribution is -0.124. The van der Waals surface area contributed by atoms with Crippen LogP contribution < -0.4 is 10.1 Å². The van der Waals surface area contributed by atoms with E-state index in [4.69, 9.17) is 14.5 Å². The number of benzene rings is 2. The van der Waals surface area contributed by atoms with Gasteiger partial charge in [-0.15, -0.1) is 0 Å². The standard InChI is InChI=1S/C24H31N3O3/c1-18-11-12-20(16-19(18)2)30-15-7-14-27-22-9-5-4-8-21(22)26-23(27)10-6-13-25-24(28)17-29-3/h4-5,8-9,11-12,16H,6-7,10,13-15,17H2,1-3H3,(H,25,28). The average Bonchev–Trinajstić information content (AvgIpc) is 3.09. The van der Waals surface area contributed by atoms with Crippen LogP contribution in [0.3, 0.4) is 0 Å². The van der Waals surface area contributed by atoms with Crippen molar-refractivity contribution >= 4 is 16.9 Å². The fourth-order valence-electron chi connectivity index (χ4n) is 3.44. The SMILES string of the molecule is COCC(=O)NCCCc1nc2ccccc2n1CCCOc1ccc(C)c(C)c1. The van der Waals surface area contributed by atoms with Gasteiger partial charge < -0.3 is 19.4 Å². The van der Waals surface area contributed by atoms with E-state index in [2.05, 4.69) is 41.9 Å². The Morgan fingerprint density at radius 3 is 2.73 bits per heavy atom. The molecule has 0 atom stereocenters. The summed E-state index contributed by atoms with van der Waals surface area (Å²) >= 11 is 0. The molecule has 2 aromatic carbocycles. The first-order chi connectivity index (χ1) is 14.6. The van der Waals surface area contributed by atoms with Gasteiger partial charge in [0.05, 0.1) is 17.6 Å². The van der Waals surface area contributed by atoms with Gasteiger partial charge in [0.2, 0.25) is 5.91 Å². The third-order valence-electron chi connectivity index (χ3n) is 5.18. The summed E-state index contributed by atoms with van der Waals surface area (Å²) in [6.45, 7) is 6.41. The third kappa shape index (κ3) is 5.83. The highest BCUT2D eigenvalue weighted by Gasteiger charge is 2.10. The molecular formula is C24H31N3O3. The van der Waals surface area contributed by atoms with Crippen LogP contribution in [0.25, 0.3) is 11.0 Å². The van der Waals surface area contributed by atoms with Crippen LogP contribution in [0.15, 0.2) is 42.5 Å². The van der Waals surface area contributed by atoms with Crippen LogP contribution >= 0.6 is 0 Å². The molecule has 30 heavy (non-hydrogen) atoms. The first kappa shape index (κ1) is 21.8. The van der Waals surface area contributed by atoms with Crippen LogP contribution in [0.4, 0.5) is 0 Å². The van der Waals surface area contributed by atoms with E-state index >= 15 is 0 Å². The van der Waals surface area contributed by atoms with Crippen molar-refractivity contribution in [3.8, 4) is 5.75 Å². The molecule has 0 aliphatic carbocycles. The molecule has 0 spiro atoms. The van der Waals surface area contributed by atoms with Gasteiger partial charge in [-0.3, -0.25) is 4.79 Å². The van der Waals surface area contributed by atoms with Crippen LogP contribution in [-0.4, -0.2) is 42.3 Å². The smallest absolute Gasteiger partial charge is 0.245 e. The van der Waals surface area contributed by atoms with E-state index in [0.717, 1.165) is 48.4 Å². The number of imidazole rings is 1. The summed E-state index contributed by atoms with van der Waals surface area (Å²) in [5, 5.41) is 2.86. The minimum absolute atomic E-state index is 0.0884. The fraction of sp³-hybridized carbons (Fsp3) is 0.417. The molecule has 6 heteroatoms. The van der Waals surface area contributed by atoms with Crippen molar-refractivity contribution < 1.29 is 14.3 Å². The maximum atomic E-state index is 11.5. The summed E-state index contributed by atoms with van der Waals surface area (Å²) in [5.74, 6) is 1.87. The van der Waals surface area contributed by atoms with Gasteiger partial charge >= 0.3 is 0 Å². The van der Waals surface area contributed by atoms with Crippen molar-refractivity contribution in [3.63, 3.8) is 0 Å². The number of rotatable bonds is 11. The monoisotopic (exact) mass is 409 g/mol. The van der Waals surface area contributed by atoms with E-state index in [-0.39, 0.29) is 12.5 Å². The molecule has 0 aliphatic heterocycles. The first-order valence-electron chi connectivity index (χ1n) is 10.5. The number of fused-ring (bicyclic) bond motifs is 1. The Bertz CT molecular complexity index is 981. The summed E-state index contributed by atoms with van der Waals surface area (Å²) in [6, 6.07) is 14.4. The molecule has 160 valence electrons. The van der Waals surface area contributed by atoms with Gasteiger partial charge in [-0.25, -0.2) is 4.98 Å². The average molecular weight is 410 g/mol. The predicted molar refractivity (Wildman–Crippen MR) is 119 cm³/mol. The van der Waals surface area contributed by atoms with Crippen LogP contribution in [-0.2, 0) is 22.5 Å². The van der Waals surface area contributed by atoms with E-state index in [0.29, 0.717) is 13.2 Å². The molecule has 3 aromatic rings. The zero-order valence-electron chi connectivity index (χ0n) is 18.1. The maximum absolute atomic E-state index is 11.5. The Kier molecular flexibility index (Phi) is 7.85. The van der Waals surface area contributed by atoms with Crippen LogP contribution in [0.2, 0.25) is 0 Å². The number of nitrogens with zero attached hydrogens (tertiary/aromatic N) is 2. The summed E-state index contributed by atoms with van der Waals surface area (Å²) in [4.78, 5) is 16.3. The van der Waals surface area contributed by atoms with E-state index in [1.807, 2.05) is 24.3 Å². The van der Waals surface area contributed by atoms with Crippen LogP contribution in [0.1, 0.15) is 29.8 Å². The number of aryl methyl sites for hydroxylation is 4. The lowest BCUT2D eigenvalue weighted by Crippen LogP contribution is -2.28. The molecule has 6 nitrogen and oxygen atoms in total. The number of para-hydroxylation sites is 2. The normalized spacial score (nSPS) is 11.0. The van der Waals surface area contributed by atoms with Crippen molar-refractivity contribution in [1.29, 1.82) is 0 Å². The molecule has 0 saturated heterocycles. The molecule has 0 saturated carbocycles. The Balaban J connectivity index is 1.57. The second-order valence-corrected chi connectivity index (χ2v) is 7.50. The molecule has 0 aliphatic rings. The van der Waals surface area contributed by atoms with Crippen molar-refractivity contribution in [2.45, 2.75) is 39.7 Å². The highest BCUT2D eigenvalue weighted by molar-refractivity contribution is 5.77. The number of carbonyl (C=O) groups is 1. The highest BCUT2D eigenvalue weighted by atomic mass is 16.5. The van der Waals surface area contributed by atoms with Gasteiger partial charge in [-0.2, -0.15) is 0 Å². The number of aromatic nitrogens is 2. The minimum atomic E-state index is -0.0884. The highest BCUT2D eigenvalue weighted by Crippen LogP contribution is 2.19. The number of hydrogen-bond donors (Lipinski definition) is 1. The van der Waals surface area contributed by atoms with Crippen LogP contribution in [0.5, 0.6) is 5.75 Å². The molecule has 0 fully saturated rings. The van der Waals surface area contributed by atoms with Gasteiger partial charge in [0.1, 0.15) is 18.2 Å². The number of hydrogen-bond acceptors (Lipinski definition) is 4. The van der Waals surface area contributed by atoms with Gasteiger partial charge in [-0.05, 0) is 62.1 Å². The van der Waals surface area contributed by atoms with E-state index in [1.165, 1.54) is 18.2 Å². The fourth-order valence-corrected chi connectivity index (χ4v) is 3.44. The number of carbonyl (C=O) groups excluding carboxylic acids is 1. The Hall–Kier alpha value is -2.86. The second-order valence-electron chi connectivity index (χ2n) is 7.50. The molecular weight excluding hydrogens is 378 g/mol. The van der Waals surface area contributed by atoms with Gasteiger partial charge in [0.15, 0.2) is 0 Å². The van der Waals surface area contributed by atoms with Gasteiger partial charge in [0.25, 0.3) is 0 Å². The largest absolute Gasteiger partial charge is 0.494 e. The van der Waals surface area contributed by atoms with Crippen molar-refractivity contribution in [2.24, 2.45) is 0 Å². The maximum Gasteiger partial charge on any atom is 0.245 e. The Morgan fingerprint density at radius 2 is 1.93 bits per heavy atom. The lowest BCUT2D eigenvalue weighted by Gasteiger charge is -2.11. The molecule has 1 N–H and O–H groups in total. The molecule has 0 unspecified atom stereocenters. The molecule has 3 rings (SSSR count). The number of nitrogens with one attached hydrogen (secondary N) is 1. The van der Waals surface area contributed by atoms with Gasteiger partial charge in [0, 0.05) is 26.6 Å². The zero-order valence-corrected chi connectivity index (χ0v) is 18.1. The van der Waals surface area contributed by atoms with Crippen molar-refractivity contribution in [1.82, 2.24) is 14.9 Å². The second kappa shape index (κ2) is 10.8. The molecule has 0 bridgehead atoms. The molecule has 1 heterocycles. The van der Waals surface area contributed by atoms with Crippen LogP contribution in [0, 0.1) is 13.8 Å². The summed E-state index contributed by atoms with van der Waals surface area (Å²) in [7, 11) is 1.52. The van der Waals surface area contributed by atoms with E-state index < -0.39 is 0 Å². The number of ether oxygens (including phenoxy) is 2. The molecule has 1 aromatic heterocycles. The number of amides is 1. The van der Waals surface area contributed by atoms with E-state index in [9.17, 15) is 4.79 Å². The topological polar surface area (TPSA) is 65.4 Å². The Morgan fingerprint density at radius 1 is 1.10 bits per heavy atom. The quantitative estimate of drug-likeness (QED) is 0.489. The third-order valence-corrected chi connectivity index (χ3v) is 5.18. The number of methoxy groups -OCH3 is 1. The summed E-state index contributed by atoms with van der Waals surface area (Å²) < 4.78 is 13.1. The van der Waals surface area contributed by atoms with Gasteiger partial charge in [-0.1, -0.05) is 18.2 Å². The predicted octanol–water partition coefficient (Wildman–Crippen LogP) is 3.82. The van der Waals surface area contributed by atoms with Crippen molar-refractivity contribution in [3.05, 3.63) is 59.4 Å². The first-order valence-corrected chi connectivity index (χ1v) is 10.5. The molecule has 1 amide bonds. The van der Waals surface area contributed by atoms with E-state index in [1.54, 1.807) is 0 Å².